The van der Waals surface area contributed by atoms with Crippen molar-refractivity contribution in [3.63, 3.8) is 0 Å². The number of thiocyanates is 2. The fourth-order valence-corrected chi connectivity index (χ4v) is 1.34. The molecular formula is C20H26Mn2N18S4. The van der Waals surface area contributed by atoms with Crippen molar-refractivity contribution in [3.8, 4) is 10.8 Å². The predicted octanol–water partition coefficient (Wildman–Crippen LogP) is 1.29. The van der Waals surface area contributed by atoms with Crippen LogP contribution in [-0.4, -0.2) is 81.8 Å². The zero-order valence-corrected chi connectivity index (χ0v) is 29.4. The largest absolute Gasteiger partial charge is 2.00 e. The van der Waals surface area contributed by atoms with Gasteiger partial charge in [-0.3, -0.25) is 0 Å². The molecule has 0 N–H and O–H groups in total. The van der Waals surface area contributed by atoms with Crippen molar-refractivity contribution in [2.75, 3.05) is 0 Å². The van der Waals surface area contributed by atoms with E-state index in [9.17, 15) is 0 Å². The van der Waals surface area contributed by atoms with Crippen LogP contribution in [0.5, 0.6) is 0 Å². The molecule has 2 radical (unpaired) electrons. The summed E-state index contributed by atoms with van der Waals surface area (Å²) in [6.07, 6.45) is 16.7. The minimum Gasteiger partial charge on any atom is -0.753 e. The van der Waals surface area contributed by atoms with Gasteiger partial charge in [0.1, 0.15) is 50.6 Å². The third-order valence-corrected chi connectivity index (χ3v) is 2.81. The summed E-state index contributed by atoms with van der Waals surface area (Å²) < 4.78 is 7.11. The Morgan fingerprint density at radius 1 is 0.568 bits per heavy atom. The number of aromatic nitrogens is 12. The van der Waals surface area contributed by atoms with Crippen molar-refractivity contribution in [2.24, 2.45) is 44.3 Å². The molecule has 0 saturated carbocycles. The van der Waals surface area contributed by atoms with Crippen molar-refractivity contribution in [3.05, 3.63) is 61.4 Å². The number of hydrogen-bond donors (Lipinski definition) is 0. The van der Waals surface area contributed by atoms with Gasteiger partial charge in [0, 0.05) is 46.5 Å². The van der Waals surface area contributed by atoms with E-state index in [0.717, 1.165) is 0 Å². The van der Waals surface area contributed by atoms with Gasteiger partial charge in [0.15, 0.2) is 0 Å². The monoisotopic (exact) mass is 756 g/mol. The van der Waals surface area contributed by atoms with Gasteiger partial charge in [-0.15, -0.1) is 40.8 Å². The maximum atomic E-state index is 7.13. The van der Waals surface area contributed by atoms with Gasteiger partial charge >= 0.3 is 34.1 Å². The van der Waals surface area contributed by atoms with E-state index in [4.69, 9.17) is 21.3 Å². The van der Waals surface area contributed by atoms with Crippen LogP contribution in [0.15, 0.2) is 60.8 Å². The van der Waals surface area contributed by atoms with Gasteiger partial charge in [-0.25, -0.2) is 10.5 Å². The van der Waals surface area contributed by atoms with Gasteiger partial charge in [-0.1, -0.05) is 42.2 Å². The maximum Gasteiger partial charge on any atom is 2.00 e. The summed E-state index contributed by atoms with van der Waals surface area (Å²) in [5.74, 6) is 0.463. The predicted molar refractivity (Wildman–Crippen MR) is 168 cm³/mol. The SMILES string of the molecule is CC1C=NN=C1.Cn1cnnc1.Cn1cnnc1.Cn1cnnc1.Cn1cnnc1.N#C[S-].N#C[S-].[Mn+2].[Mn+2].[N-]=C=S.[N-]=C=S. The van der Waals surface area contributed by atoms with Crippen molar-refractivity contribution < 1.29 is 34.1 Å². The van der Waals surface area contributed by atoms with Crippen LogP contribution in [0.3, 0.4) is 0 Å². The molecule has 5 rings (SSSR count). The summed E-state index contributed by atoms with van der Waals surface area (Å²) in [6, 6.07) is 0. The molecule has 0 unspecified atom stereocenters. The molecule has 4 aromatic heterocycles. The molecule has 0 fully saturated rings. The molecule has 0 aliphatic carbocycles. The number of isothiocyanates is 2. The van der Waals surface area contributed by atoms with Crippen LogP contribution in [0.25, 0.3) is 10.8 Å². The van der Waals surface area contributed by atoms with Gasteiger partial charge < -0.3 is 54.3 Å². The Hall–Kier alpha value is -4.04. The van der Waals surface area contributed by atoms with Crippen LogP contribution < -0.4 is 0 Å². The van der Waals surface area contributed by atoms with E-state index >= 15 is 0 Å². The topological polar surface area (TPSA) is 240 Å². The molecule has 1 aliphatic heterocycles. The number of thiocarbonyl (C=S) groups is 2. The summed E-state index contributed by atoms with van der Waals surface area (Å²) in [4.78, 5) is 0. The van der Waals surface area contributed by atoms with E-state index in [-0.39, 0.29) is 34.1 Å². The first-order valence-corrected chi connectivity index (χ1v) is 12.0. The van der Waals surface area contributed by atoms with Gasteiger partial charge in [0.05, 0.1) is 0 Å². The molecule has 18 nitrogen and oxygen atoms in total. The van der Waals surface area contributed by atoms with Crippen molar-refractivity contribution in [2.45, 2.75) is 6.92 Å². The fourth-order valence-electron chi connectivity index (χ4n) is 1.34. The van der Waals surface area contributed by atoms with E-state index in [1.54, 1.807) is 81.3 Å². The summed E-state index contributed by atoms with van der Waals surface area (Å²) in [7, 11) is 7.50. The molecule has 0 aromatic carbocycles. The van der Waals surface area contributed by atoms with Gasteiger partial charge in [0.2, 0.25) is 0 Å². The average Bonchev–Trinajstić information content (AvgIpc) is 3.77. The molecule has 1 aliphatic rings. The van der Waals surface area contributed by atoms with Crippen molar-refractivity contribution in [1.29, 1.82) is 10.5 Å². The average molecular weight is 757 g/mol. The standard InChI is InChI=1S/C4H6N2.4C3H5N3.2CHNS.2CNS.2Mn/c1-4-2-5-6-3-4;4*1-6-2-4-5-3-6;4*2-1-3;;/h2-4H,1H3;4*2-3H,1H3;2*3H;;;;/q;;;;;;;2*-1;2*+2/p-2. The summed E-state index contributed by atoms with van der Waals surface area (Å²) >= 11 is 14.8. The first-order valence-electron chi connectivity index (χ1n) is 10.4. The Balaban J connectivity index is -0.0000000935. The number of aryl methyl sites for hydroxylation is 4. The van der Waals surface area contributed by atoms with Gasteiger partial charge in [-0.05, 0) is 0 Å². The Morgan fingerprint density at radius 3 is 0.750 bits per heavy atom. The molecule has 5 heterocycles. The fraction of sp³-hybridized carbons (Fsp3) is 0.300. The van der Waals surface area contributed by atoms with Crippen molar-refractivity contribution in [1.82, 2.24) is 59.1 Å². The Kier molecular flexibility index (Phi) is 54.9. The van der Waals surface area contributed by atoms with Crippen LogP contribution in [0.1, 0.15) is 6.92 Å². The van der Waals surface area contributed by atoms with Crippen LogP contribution in [-0.2, 0) is 87.6 Å². The van der Waals surface area contributed by atoms with Gasteiger partial charge in [-0.2, -0.15) is 20.5 Å². The summed E-state index contributed by atoms with van der Waals surface area (Å²) in [5.41, 5.74) is 0. The molecule has 234 valence electrons. The number of nitriles is 2. The molecule has 44 heavy (non-hydrogen) atoms. The van der Waals surface area contributed by atoms with E-state index in [1.807, 2.05) is 35.1 Å². The molecular weight excluding hydrogens is 730 g/mol. The summed E-state index contributed by atoms with van der Waals surface area (Å²) in [6.45, 7) is 2.04. The Bertz CT molecular complexity index is 1110. The third-order valence-electron chi connectivity index (χ3n) is 2.81. The third kappa shape index (κ3) is 54.1. The second kappa shape index (κ2) is 45.9. The first-order chi connectivity index (χ1) is 20.1. The quantitative estimate of drug-likeness (QED) is 0.0808. The minimum atomic E-state index is 0. The Labute approximate surface area is 297 Å². The molecule has 4 aromatic rings. The van der Waals surface area contributed by atoms with Crippen LogP contribution >= 0.6 is 24.4 Å². The number of nitrogens with zero attached hydrogens (tertiary/aromatic N) is 18. The molecule has 0 saturated heterocycles. The van der Waals surface area contributed by atoms with Crippen LogP contribution in [0.2, 0.25) is 0 Å². The maximum absolute atomic E-state index is 7.13. The van der Waals surface area contributed by atoms with Crippen LogP contribution in [0.4, 0.5) is 0 Å². The second-order valence-electron chi connectivity index (χ2n) is 6.26. The zero-order chi connectivity index (χ0) is 32.9. The molecule has 0 amide bonds. The molecule has 0 spiro atoms. The van der Waals surface area contributed by atoms with E-state index in [2.05, 4.69) is 101 Å². The normalized spacial score (nSPS) is 8.25. The smallest absolute Gasteiger partial charge is 0.753 e. The molecule has 0 bridgehead atoms. The minimum absolute atomic E-state index is 0. The number of rotatable bonds is 0. The van der Waals surface area contributed by atoms with Crippen molar-refractivity contribution >= 4 is 72.4 Å². The number of hydrogen-bond acceptors (Lipinski definition) is 16. The van der Waals surface area contributed by atoms with E-state index < -0.39 is 0 Å². The zero-order valence-electron chi connectivity index (χ0n) is 23.8. The second-order valence-corrected chi connectivity index (χ2v) is 6.99. The van der Waals surface area contributed by atoms with Crippen LogP contribution in [0, 0.1) is 27.2 Å². The van der Waals surface area contributed by atoms with E-state index in [1.165, 1.54) is 21.1 Å². The first kappa shape index (κ1) is 52.6. The molecule has 24 heteroatoms. The van der Waals surface area contributed by atoms with E-state index in [0.29, 0.717) is 5.92 Å². The summed E-state index contributed by atoms with van der Waals surface area (Å²) in [5, 5.41) is 69.4. The molecule has 0 atom stereocenters. The van der Waals surface area contributed by atoms with Gasteiger partial charge in [0.25, 0.3) is 0 Å². The Morgan fingerprint density at radius 2 is 0.705 bits per heavy atom.